The first-order valence-corrected chi connectivity index (χ1v) is 13.1. The third-order valence-corrected chi connectivity index (χ3v) is 6.69. The summed E-state index contributed by atoms with van der Waals surface area (Å²) in [6, 6.07) is 7.59. The maximum Gasteiger partial charge on any atom is 0.280 e. The first-order valence-electron chi connectivity index (χ1n) is 12.3. The van der Waals surface area contributed by atoms with Crippen LogP contribution in [-0.4, -0.2) is 79.6 Å². The van der Waals surface area contributed by atoms with E-state index in [1.165, 1.54) is 24.0 Å². The fourth-order valence-electron chi connectivity index (χ4n) is 3.75. The number of rotatable bonds is 8. The molecule has 1 aliphatic heterocycles. The van der Waals surface area contributed by atoms with Gasteiger partial charge in [0, 0.05) is 55.0 Å². The summed E-state index contributed by atoms with van der Waals surface area (Å²) in [5, 5.41) is 8.21. The number of nitrogens with two attached hydrogens (primary N) is 1. The van der Waals surface area contributed by atoms with Crippen LogP contribution in [-0.2, 0) is 16.0 Å². The van der Waals surface area contributed by atoms with E-state index in [2.05, 4.69) is 25.3 Å². The lowest BCUT2D eigenvalue weighted by Crippen LogP contribution is -2.45. The number of methoxy groups -OCH3 is 1. The Morgan fingerprint density at radius 1 is 1.34 bits per heavy atom. The van der Waals surface area contributed by atoms with Gasteiger partial charge in [-0.1, -0.05) is 11.6 Å². The average Bonchev–Trinajstić information content (AvgIpc) is 3.47. The van der Waals surface area contributed by atoms with Crippen molar-refractivity contribution in [2.75, 3.05) is 40.4 Å². The van der Waals surface area contributed by atoms with Gasteiger partial charge in [0.05, 0.1) is 5.69 Å². The minimum absolute atomic E-state index is 0.119. The summed E-state index contributed by atoms with van der Waals surface area (Å²) in [5.74, 6) is -0.608. The van der Waals surface area contributed by atoms with Gasteiger partial charge in [0.2, 0.25) is 0 Å². The second-order valence-electron chi connectivity index (χ2n) is 8.82. The number of thiazole rings is 1. The summed E-state index contributed by atoms with van der Waals surface area (Å²) >= 11 is 1.40. The lowest BCUT2D eigenvalue weighted by molar-refractivity contribution is -0.110. The number of ether oxygens (including phenoxy) is 1. The standard InChI is InChI=1S/C13H21FN4OS.C10H10N2O.C3H6O2/c1-9-11(5-6-15-2)17-13(20-9)12(19)16-10-4-3-7-18(14)8-10;1-6-2-3-8-7(4-6)5-9(12-8)10(11)13;1-5-3-2-4/h10,15H,3-8H2,1-2H3,(H,16,19);2-5,12H,1H3,(H2,11,13);2H,3H2,1H3/t10-;;/m0../s1. The molecule has 3 aromatic rings. The zero-order chi connectivity index (χ0) is 28.1. The number of H-pyrrole nitrogens is 1. The largest absolute Gasteiger partial charge is 0.377 e. The van der Waals surface area contributed by atoms with Gasteiger partial charge in [-0.15, -0.1) is 20.9 Å². The molecule has 1 atom stereocenters. The zero-order valence-electron chi connectivity index (χ0n) is 22.3. The Morgan fingerprint density at radius 3 is 2.71 bits per heavy atom. The maximum atomic E-state index is 13.2. The molecular weight excluding hydrogens is 511 g/mol. The number of carbonyl (C=O) groups is 3. The van der Waals surface area contributed by atoms with E-state index in [0.717, 1.165) is 52.4 Å². The van der Waals surface area contributed by atoms with Crippen LogP contribution < -0.4 is 16.4 Å². The summed E-state index contributed by atoms with van der Waals surface area (Å²) in [6.45, 7) is 5.75. The molecule has 10 nitrogen and oxygen atoms in total. The Bertz CT molecular complexity index is 1200. The molecule has 2 amide bonds. The molecule has 1 aliphatic rings. The summed E-state index contributed by atoms with van der Waals surface area (Å²) in [7, 11) is 3.37. The van der Waals surface area contributed by atoms with Crippen LogP contribution in [0.5, 0.6) is 0 Å². The molecule has 1 fully saturated rings. The Balaban J connectivity index is 0.000000240. The van der Waals surface area contributed by atoms with Crippen molar-refractivity contribution in [3.63, 3.8) is 0 Å². The number of hydrogen-bond acceptors (Lipinski definition) is 8. The van der Waals surface area contributed by atoms with Crippen molar-refractivity contribution in [3.8, 4) is 0 Å². The molecule has 0 aliphatic carbocycles. The zero-order valence-corrected chi connectivity index (χ0v) is 23.1. The molecule has 3 heterocycles. The molecule has 0 spiro atoms. The number of carbonyl (C=O) groups excluding carboxylic acids is 3. The molecule has 0 unspecified atom stereocenters. The summed E-state index contributed by atoms with van der Waals surface area (Å²) in [5.41, 5.74) is 8.68. The first kappa shape index (κ1) is 31.0. The van der Waals surface area contributed by atoms with Gasteiger partial charge in [0.1, 0.15) is 18.6 Å². The highest BCUT2D eigenvalue weighted by molar-refractivity contribution is 7.13. The Morgan fingerprint density at radius 2 is 2.11 bits per heavy atom. The summed E-state index contributed by atoms with van der Waals surface area (Å²) < 4.78 is 17.5. The van der Waals surface area contributed by atoms with Crippen LogP contribution in [0.15, 0.2) is 24.3 Å². The molecular formula is C26H37FN6O4S. The smallest absolute Gasteiger partial charge is 0.280 e. The van der Waals surface area contributed by atoms with E-state index < -0.39 is 5.91 Å². The molecule has 1 saturated heterocycles. The Hall–Kier alpha value is -3.19. The van der Waals surface area contributed by atoms with Gasteiger partial charge in [-0.05, 0) is 51.9 Å². The van der Waals surface area contributed by atoms with Gasteiger partial charge in [0.15, 0.2) is 5.01 Å². The minimum Gasteiger partial charge on any atom is -0.377 e. The second-order valence-corrected chi connectivity index (χ2v) is 10.0. The predicted molar refractivity (Wildman–Crippen MR) is 147 cm³/mol. The van der Waals surface area contributed by atoms with E-state index in [0.29, 0.717) is 23.5 Å². The third-order valence-electron chi connectivity index (χ3n) is 5.68. The number of amides is 2. The maximum absolute atomic E-state index is 13.2. The van der Waals surface area contributed by atoms with E-state index >= 15 is 0 Å². The number of aromatic nitrogens is 2. The van der Waals surface area contributed by atoms with Crippen molar-refractivity contribution >= 4 is 40.3 Å². The van der Waals surface area contributed by atoms with Crippen LogP contribution in [0, 0.1) is 13.8 Å². The number of halogens is 1. The van der Waals surface area contributed by atoms with E-state index in [4.69, 9.17) is 5.73 Å². The fraction of sp³-hybridized carbons (Fsp3) is 0.462. The van der Waals surface area contributed by atoms with E-state index in [1.54, 1.807) is 6.07 Å². The second kappa shape index (κ2) is 15.9. The monoisotopic (exact) mass is 548 g/mol. The van der Waals surface area contributed by atoms with Gasteiger partial charge in [-0.25, -0.2) is 4.98 Å². The molecule has 0 saturated carbocycles. The van der Waals surface area contributed by atoms with Gasteiger partial charge in [0.25, 0.3) is 11.8 Å². The van der Waals surface area contributed by atoms with Crippen molar-refractivity contribution in [1.29, 1.82) is 0 Å². The van der Waals surface area contributed by atoms with Crippen molar-refractivity contribution in [2.24, 2.45) is 5.73 Å². The van der Waals surface area contributed by atoms with Crippen molar-refractivity contribution < 1.29 is 23.6 Å². The number of aromatic amines is 1. The highest BCUT2D eigenvalue weighted by Gasteiger charge is 2.23. The molecule has 0 radical (unpaired) electrons. The van der Waals surface area contributed by atoms with Crippen LogP contribution in [0.4, 0.5) is 4.48 Å². The van der Waals surface area contributed by atoms with Crippen LogP contribution in [0.25, 0.3) is 10.9 Å². The first-order chi connectivity index (χ1) is 18.2. The molecule has 2 aromatic heterocycles. The van der Waals surface area contributed by atoms with Crippen LogP contribution in [0.2, 0.25) is 0 Å². The Labute approximate surface area is 226 Å². The molecule has 12 heteroatoms. The van der Waals surface area contributed by atoms with Gasteiger partial charge in [-0.3, -0.25) is 9.59 Å². The van der Waals surface area contributed by atoms with Gasteiger partial charge >= 0.3 is 0 Å². The van der Waals surface area contributed by atoms with Crippen molar-refractivity contribution in [2.45, 2.75) is 39.2 Å². The third kappa shape index (κ3) is 9.93. The number of hydrogen-bond donors (Lipinski definition) is 4. The molecule has 0 bridgehead atoms. The van der Waals surface area contributed by atoms with Crippen LogP contribution in [0.3, 0.4) is 0 Å². The highest BCUT2D eigenvalue weighted by Crippen LogP contribution is 2.19. The molecule has 208 valence electrons. The van der Waals surface area contributed by atoms with Crippen LogP contribution in [0.1, 0.15) is 49.3 Å². The Kier molecular flexibility index (Phi) is 13.0. The lowest BCUT2D eigenvalue weighted by atomic mass is 10.1. The molecule has 5 N–H and O–H groups in total. The van der Waals surface area contributed by atoms with Crippen molar-refractivity contribution in [1.82, 2.24) is 25.7 Å². The topological polar surface area (TPSA) is 142 Å². The van der Waals surface area contributed by atoms with Crippen LogP contribution >= 0.6 is 11.3 Å². The average molecular weight is 549 g/mol. The lowest BCUT2D eigenvalue weighted by Gasteiger charge is -2.26. The van der Waals surface area contributed by atoms with Crippen molar-refractivity contribution in [3.05, 3.63) is 51.1 Å². The number of fused-ring (bicyclic) bond motifs is 1. The number of nitrogens with zero attached hydrogens (tertiary/aromatic N) is 2. The van der Waals surface area contributed by atoms with E-state index in [-0.39, 0.29) is 25.1 Å². The predicted octanol–water partition coefficient (Wildman–Crippen LogP) is 2.70. The fourth-order valence-corrected chi connectivity index (χ4v) is 4.61. The van der Waals surface area contributed by atoms with E-state index in [9.17, 15) is 18.9 Å². The summed E-state index contributed by atoms with van der Waals surface area (Å²) in [4.78, 5) is 40.7. The minimum atomic E-state index is -0.422. The highest BCUT2D eigenvalue weighted by atomic mass is 32.1. The summed E-state index contributed by atoms with van der Waals surface area (Å²) in [6.07, 6.45) is 3.11. The van der Waals surface area contributed by atoms with E-state index in [1.807, 2.05) is 39.1 Å². The quantitative estimate of drug-likeness (QED) is 0.250. The molecule has 4 rings (SSSR count). The number of nitrogens with one attached hydrogen (secondary N) is 3. The van der Waals surface area contributed by atoms with Gasteiger partial charge < -0.3 is 30.9 Å². The molecule has 38 heavy (non-hydrogen) atoms. The number of likely N-dealkylation sites (N-methyl/N-ethyl adjacent to an activating group) is 1. The number of aryl methyl sites for hydroxylation is 2. The number of benzene rings is 1. The van der Waals surface area contributed by atoms with Gasteiger partial charge in [-0.2, -0.15) is 0 Å². The number of primary amides is 1. The SMILES string of the molecule is CNCCc1nc(C(=O)N[C@H]2CCCN(F)C2)sc1C.COCC=O.Cc1ccc2[nH]c(C(N)=O)cc2c1. The normalized spacial score (nSPS) is 15.1. The number of aldehydes is 1. The number of piperidine rings is 1. The molecule has 1 aromatic carbocycles.